The van der Waals surface area contributed by atoms with Gasteiger partial charge in [0.25, 0.3) is 0 Å². The van der Waals surface area contributed by atoms with E-state index in [4.69, 9.17) is 10.8 Å². The number of aliphatic carboxylic acids is 1. The lowest BCUT2D eigenvalue weighted by molar-refractivity contribution is -0.135. The molecule has 0 fully saturated rings. The number of carboxylic acids is 1. The minimum absolute atomic E-state index is 0.0417. The fourth-order valence-corrected chi connectivity index (χ4v) is 0.559. The van der Waals surface area contributed by atoms with Gasteiger partial charge < -0.3 is 21.1 Å². The maximum Gasteiger partial charge on any atom is 0.317 e. The summed E-state index contributed by atoms with van der Waals surface area (Å²) in [6.45, 7) is 1.95. The SMILES string of the molecule is CN(C)CCCN.CNCC(=O)O. The fourth-order valence-electron chi connectivity index (χ4n) is 0.559. The van der Waals surface area contributed by atoms with Gasteiger partial charge in [-0.2, -0.15) is 0 Å². The minimum atomic E-state index is -0.822. The number of hydrogen-bond donors (Lipinski definition) is 3. The standard InChI is InChI=1S/C5H14N2.C3H7NO2/c1-7(2)5-3-4-6;1-4-2-3(5)6/h3-6H2,1-2H3;4H,2H2,1H3,(H,5,6). The quantitative estimate of drug-likeness (QED) is 0.529. The Morgan fingerprint density at radius 2 is 2.08 bits per heavy atom. The largest absolute Gasteiger partial charge is 0.480 e. The summed E-state index contributed by atoms with van der Waals surface area (Å²) < 4.78 is 0. The smallest absolute Gasteiger partial charge is 0.317 e. The monoisotopic (exact) mass is 191 g/mol. The number of nitrogens with two attached hydrogens (primary N) is 1. The summed E-state index contributed by atoms with van der Waals surface area (Å²) in [5.74, 6) is -0.822. The molecule has 0 aromatic heterocycles. The van der Waals surface area contributed by atoms with Crippen LogP contribution < -0.4 is 11.1 Å². The number of rotatable bonds is 5. The third-order valence-electron chi connectivity index (χ3n) is 1.14. The zero-order chi connectivity index (χ0) is 10.7. The number of nitrogens with zero attached hydrogens (tertiary/aromatic N) is 1. The molecule has 0 saturated carbocycles. The van der Waals surface area contributed by atoms with E-state index in [2.05, 4.69) is 24.3 Å². The first kappa shape index (κ1) is 14.9. The van der Waals surface area contributed by atoms with Gasteiger partial charge in [-0.1, -0.05) is 0 Å². The highest BCUT2D eigenvalue weighted by atomic mass is 16.4. The average molecular weight is 191 g/mol. The zero-order valence-electron chi connectivity index (χ0n) is 8.71. The van der Waals surface area contributed by atoms with Gasteiger partial charge in [-0.3, -0.25) is 4.79 Å². The summed E-state index contributed by atoms with van der Waals surface area (Å²) in [6.07, 6.45) is 1.10. The van der Waals surface area contributed by atoms with Crippen LogP contribution in [-0.2, 0) is 4.79 Å². The highest BCUT2D eigenvalue weighted by Gasteiger charge is 1.86. The van der Waals surface area contributed by atoms with E-state index in [1.165, 1.54) is 0 Å². The number of carbonyl (C=O) groups is 1. The molecule has 0 amide bonds. The molecule has 0 aromatic rings. The van der Waals surface area contributed by atoms with Crippen LogP contribution in [0.5, 0.6) is 0 Å². The van der Waals surface area contributed by atoms with Gasteiger partial charge in [0.2, 0.25) is 0 Å². The molecule has 4 N–H and O–H groups in total. The molecule has 0 aliphatic heterocycles. The molecule has 0 rings (SSSR count). The Morgan fingerprint density at radius 1 is 1.54 bits per heavy atom. The lowest BCUT2D eigenvalue weighted by Gasteiger charge is -2.05. The average Bonchev–Trinajstić information content (AvgIpc) is 2.01. The van der Waals surface area contributed by atoms with Crippen LogP contribution in [0.25, 0.3) is 0 Å². The molecule has 0 saturated heterocycles. The minimum Gasteiger partial charge on any atom is -0.480 e. The number of carboxylic acid groups (broad SMARTS) is 1. The molecule has 0 bridgehead atoms. The van der Waals surface area contributed by atoms with Crippen molar-refractivity contribution in [2.75, 3.05) is 40.8 Å². The Morgan fingerprint density at radius 3 is 2.15 bits per heavy atom. The van der Waals surface area contributed by atoms with E-state index in [0.717, 1.165) is 19.5 Å². The molecule has 0 spiro atoms. The Labute approximate surface area is 79.9 Å². The first-order chi connectivity index (χ1) is 6.04. The second kappa shape index (κ2) is 11.4. The van der Waals surface area contributed by atoms with Gasteiger partial charge in [-0.15, -0.1) is 0 Å². The van der Waals surface area contributed by atoms with E-state index in [0.29, 0.717) is 0 Å². The third-order valence-corrected chi connectivity index (χ3v) is 1.14. The van der Waals surface area contributed by atoms with Crippen LogP contribution in [-0.4, -0.2) is 56.8 Å². The van der Waals surface area contributed by atoms with Crippen LogP contribution in [0.4, 0.5) is 0 Å². The number of nitrogens with one attached hydrogen (secondary N) is 1. The van der Waals surface area contributed by atoms with E-state index in [9.17, 15) is 4.79 Å². The summed E-state index contributed by atoms with van der Waals surface area (Å²) in [5, 5.41) is 10.3. The maximum absolute atomic E-state index is 9.54. The van der Waals surface area contributed by atoms with Gasteiger partial charge in [0.1, 0.15) is 0 Å². The highest BCUT2D eigenvalue weighted by molar-refractivity contribution is 5.68. The van der Waals surface area contributed by atoms with Crippen molar-refractivity contribution in [1.29, 1.82) is 0 Å². The Kier molecular flexibility index (Phi) is 13.0. The van der Waals surface area contributed by atoms with Crippen molar-refractivity contribution in [3.05, 3.63) is 0 Å². The molecule has 5 nitrogen and oxygen atoms in total. The second-order valence-electron chi connectivity index (χ2n) is 2.87. The Hall–Kier alpha value is -0.650. The second-order valence-corrected chi connectivity index (χ2v) is 2.87. The predicted molar refractivity (Wildman–Crippen MR) is 53.8 cm³/mol. The first-order valence-corrected chi connectivity index (χ1v) is 4.25. The third kappa shape index (κ3) is 24.6. The van der Waals surface area contributed by atoms with E-state index < -0.39 is 5.97 Å². The molecule has 0 aliphatic carbocycles. The summed E-state index contributed by atoms with van der Waals surface area (Å²) >= 11 is 0. The highest BCUT2D eigenvalue weighted by Crippen LogP contribution is 1.76. The van der Waals surface area contributed by atoms with Crippen LogP contribution in [0.3, 0.4) is 0 Å². The van der Waals surface area contributed by atoms with Crippen molar-refractivity contribution in [3.8, 4) is 0 Å². The van der Waals surface area contributed by atoms with Crippen molar-refractivity contribution < 1.29 is 9.90 Å². The van der Waals surface area contributed by atoms with E-state index in [1.807, 2.05) is 0 Å². The summed E-state index contributed by atoms with van der Waals surface area (Å²) in [6, 6.07) is 0. The molecular formula is C8H21N3O2. The zero-order valence-corrected chi connectivity index (χ0v) is 8.71. The molecular weight excluding hydrogens is 170 g/mol. The topological polar surface area (TPSA) is 78.6 Å². The molecule has 0 heterocycles. The summed E-state index contributed by atoms with van der Waals surface area (Å²) in [5.41, 5.74) is 5.25. The predicted octanol–water partition coefficient (Wildman–Crippen LogP) is -0.813. The molecule has 13 heavy (non-hydrogen) atoms. The van der Waals surface area contributed by atoms with Gasteiger partial charge in [0.05, 0.1) is 6.54 Å². The van der Waals surface area contributed by atoms with Crippen LogP contribution >= 0.6 is 0 Å². The molecule has 5 heteroatoms. The van der Waals surface area contributed by atoms with Crippen molar-refractivity contribution in [2.45, 2.75) is 6.42 Å². The van der Waals surface area contributed by atoms with Gasteiger partial charge in [0.15, 0.2) is 0 Å². The van der Waals surface area contributed by atoms with E-state index >= 15 is 0 Å². The lowest BCUT2D eigenvalue weighted by atomic mass is 10.4. The van der Waals surface area contributed by atoms with Crippen molar-refractivity contribution >= 4 is 5.97 Å². The fraction of sp³-hybridized carbons (Fsp3) is 0.875. The van der Waals surface area contributed by atoms with Crippen LogP contribution in [0.15, 0.2) is 0 Å². The maximum atomic E-state index is 9.54. The number of hydrogen-bond acceptors (Lipinski definition) is 4. The molecule has 0 radical (unpaired) electrons. The molecule has 0 aromatic carbocycles. The summed E-state index contributed by atoms with van der Waals surface area (Å²) in [7, 11) is 5.69. The van der Waals surface area contributed by atoms with Gasteiger partial charge in [-0.25, -0.2) is 0 Å². The molecule has 80 valence electrons. The van der Waals surface area contributed by atoms with Crippen molar-refractivity contribution in [1.82, 2.24) is 10.2 Å². The first-order valence-electron chi connectivity index (χ1n) is 4.25. The number of likely N-dealkylation sites (N-methyl/N-ethyl adjacent to an activating group) is 1. The van der Waals surface area contributed by atoms with E-state index in [-0.39, 0.29) is 6.54 Å². The summed E-state index contributed by atoms with van der Waals surface area (Å²) in [4.78, 5) is 11.7. The van der Waals surface area contributed by atoms with Crippen LogP contribution in [0, 0.1) is 0 Å². The Bertz CT molecular complexity index is 118. The van der Waals surface area contributed by atoms with E-state index in [1.54, 1.807) is 7.05 Å². The lowest BCUT2D eigenvalue weighted by Crippen LogP contribution is -2.16. The van der Waals surface area contributed by atoms with Gasteiger partial charge in [0, 0.05) is 0 Å². The van der Waals surface area contributed by atoms with Crippen LogP contribution in [0.1, 0.15) is 6.42 Å². The van der Waals surface area contributed by atoms with Crippen LogP contribution in [0.2, 0.25) is 0 Å². The molecule has 0 unspecified atom stereocenters. The molecule has 0 atom stereocenters. The van der Waals surface area contributed by atoms with Crippen molar-refractivity contribution in [3.63, 3.8) is 0 Å². The van der Waals surface area contributed by atoms with Gasteiger partial charge >= 0.3 is 5.97 Å². The van der Waals surface area contributed by atoms with Crippen molar-refractivity contribution in [2.24, 2.45) is 5.73 Å². The Balaban J connectivity index is 0. The van der Waals surface area contributed by atoms with Gasteiger partial charge in [-0.05, 0) is 40.7 Å². The normalized spacial score (nSPS) is 9.31. The molecule has 0 aliphatic rings.